The van der Waals surface area contributed by atoms with Gasteiger partial charge in [0.1, 0.15) is 25.4 Å². The van der Waals surface area contributed by atoms with Gasteiger partial charge in [-0.2, -0.15) is 0 Å². The van der Waals surface area contributed by atoms with Crippen LogP contribution in [0.3, 0.4) is 0 Å². The lowest BCUT2D eigenvalue weighted by Gasteiger charge is -2.31. The first-order valence-electron chi connectivity index (χ1n) is 12.4. The highest BCUT2D eigenvalue weighted by atomic mass is 16.6. The quantitative estimate of drug-likeness (QED) is 0.421. The third kappa shape index (κ3) is 5.18. The standard InChI is InChI=1S/C26H34O6/c27-25(31-15-19-13-29-19)22-12-11-21(17-7-3-1-4-8-17)23(18-9-5-2-6-10-18)24(22)26(28)32-16-20-14-30-20/h11-12,17-20H,1-10,13-16H2. The van der Waals surface area contributed by atoms with E-state index in [4.69, 9.17) is 18.9 Å². The van der Waals surface area contributed by atoms with E-state index >= 15 is 0 Å². The van der Waals surface area contributed by atoms with E-state index < -0.39 is 11.9 Å². The Hall–Kier alpha value is -1.92. The average Bonchev–Trinajstić information content (AvgIpc) is 3.76. The minimum absolute atomic E-state index is 0.0129. The monoisotopic (exact) mass is 442 g/mol. The number of esters is 2. The number of ether oxygens (including phenoxy) is 4. The Kier molecular flexibility index (Phi) is 6.79. The summed E-state index contributed by atoms with van der Waals surface area (Å²) in [6.45, 7) is 1.71. The summed E-state index contributed by atoms with van der Waals surface area (Å²) in [5, 5.41) is 0. The summed E-state index contributed by atoms with van der Waals surface area (Å²) >= 11 is 0. The van der Waals surface area contributed by atoms with Crippen LogP contribution in [0.1, 0.15) is 108 Å². The predicted octanol–water partition coefficient (Wildman–Crippen LogP) is 4.89. The van der Waals surface area contributed by atoms with Crippen LogP contribution >= 0.6 is 0 Å². The number of hydrogen-bond acceptors (Lipinski definition) is 6. The first kappa shape index (κ1) is 21.9. The van der Waals surface area contributed by atoms with Crippen molar-refractivity contribution in [2.24, 2.45) is 0 Å². The van der Waals surface area contributed by atoms with Gasteiger partial charge in [-0.1, -0.05) is 44.6 Å². The molecule has 2 heterocycles. The Morgan fingerprint density at radius 1 is 0.750 bits per heavy atom. The van der Waals surface area contributed by atoms with E-state index in [9.17, 15) is 9.59 Å². The molecule has 2 saturated carbocycles. The fraction of sp³-hybridized carbons (Fsp3) is 0.692. The molecular formula is C26H34O6. The largest absolute Gasteiger partial charge is 0.459 e. The zero-order valence-electron chi connectivity index (χ0n) is 18.8. The number of hydrogen-bond donors (Lipinski definition) is 0. The maximum absolute atomic E-state index is 13.4. The number of carbonyl (C=O) groups excluding carboxylic acids is 2. The van der Waals surface area contributed by atoms with Crippen LogP contribution in [0.2, 0.25) is 0 Å². The Labute approximate surface area is 189 Å². The van der Waals surface area contributed by atoms with Crippen molar-refractivity contribution < 1.29 is 28.5 Å². The summed E-state index contributed by atoms with van der Waals surface area (Å²) in [7, 11) is 0. The molecule has 4 fully saturated rings. The lowest BCUT2D eigenvalue weighted by atomic mass is 9.73. The van der Waals surface area contributed by atoms with Crippen LogP contribution in [-0.4, -0.2) is 50.6 Å². The molecule has 2 unspecified atom stereocenters. The lowest BCUT2D eigenvalue weighted by Crippen LogP contribution is -2.23. The van der Waals surface area contributed by atoms with Crippen molar-refractivity contribution in [1.29, 1.82) is 0 Å². The molecule has 6 heteroatoms. The van der Waals surface area contributed by atoms with Crippen molar-refractivity contribution in [3.05, 3.63) is 34.4 Å². The maximum atomic E-state index is 13.4. The number of rotatable bonds is 8. The van der Waals surface area contributed by atoms with Crippen molar-refractivity contribution in [2.75, 3.05) is 26.4 Å². The second-order valence-electron chi connectivity index (χ2n) is 9.77. The SMILES string of the molecule is O=C(OCC1CO1)c1ccc(C2CCCCC2)c(C2CCCCC2)c1C(=O)OCC1CO1. The van der Waals surface area contributed by atoms with Crippen molar-refractivity contribution in [3.8, 4) is 0 Å². The lowest BCUT2D eigenvalue weighted by molar-refractivity contribution is 0.0428. The van der Waals surface area contributed by atoms with Gasteiger partial charge in [0.25, 0.3) is 0 Å². The van der Waals surface area contributed by atoms with E-state index in [0.717, 1.165) is 44.1 Å². The van der Waals surface area contributed by atoms with Crippen molar-refractivity contribution in [1.82, 2.24) is 0 Å². The highest BCUT2D eigenvalue weighted by molar-refractivity contribution is 6.04. The van der Waals surface area contributed by atoms with Gasteiger partial charge in [0, 0.05) is 0 Å². The molecule has 5 rings (SSSR count). The number of carbonyl (C=O) groups is 2. The molecule has 2 aliphatic carbocycles. The molecule has 0 spiro atoms. The molecule has 0 bridgehead atoms. The van der Waals surface area contributed by atoms with Gasteiger partial charge in [-0.25, -0.2) is 9.59 Å². The van der Waals surface area contributed by atoms with Crippen molar-refractivity contribution >= 4 is 11.9 Å². The van der Waals surface area contributed by atoms with Crippen LogP contribution in [0, 0.1) is 0 Å². The van der Waals surface area contributed by atoms with Crippen molar-refractivity contribution in [2.45, 2.75) is 88.3 Å². The number of epoxide rings is 2. The van der Waals surface area contributed by atoms with Gasteiger partial charge in [0.15, 0.2) is 0 Å². The summed E-state index contributed by atoms with van der Waals surface area (Å²) in [4.78, 5) is 26.5. The number of benzene rings is 1. The molecule has 2 atom stereocenters. The Balaban J connectivity index is 1.53. The van der Waals surface area contributed by atoms with Crippen molar-refractivity contribution in [3.63, 3.8) is 0 Å². The first-order valence-corrected chi connectivity index (χ1v) is 12.4. The summed E-state index contributed by atoms with van der Waals surface area (Å²) in [6.07, 6.45) is 11.6. The molecule has 0 aromatic heterocycles. The fourth-order valence-corrected chi connectivity index (χ4v) is 5.44. The Morgan fingerprint density at radius 3 is 1.84 bits per heavy atom. The van der Waals surface area contributed by atoms with E-state index in [1.165, 1.54) is 31.2 Å². The molecule has 0 amide bonds. The highest BCUT2D eigenvalue weighted by Crippen LogP contribution is 2.43. The van der Waals surface area contributed by atoms with Crippen LogP contribution in [0.15, 0.2) is 12.1 Å². The van der Waals surface area contributed by atoms with E-state index in [-0.39, 0.29) is 25.4 Å². The van der Waals surface area contributed by atoms with Gasteiger partial charge in [-0.3, -0.25) is 0 Å². The zero-order valence-corrected chi connectivity index (χ0v) is 18.8. The van der Waals surface area contributed by atoms with Crippen LogP contribution < -0.4 is 0 Å². The molecular weight excluding hydrogens is 408 g/mol. The minimum atomic E-state index is -0.456. The second-order valence-corrected chi connectivity index (χ2v) is 9.77. The summed E-state index contributed by atoms with van der Waals surface area (Å²) in [5.41, 5.74) is 3.11. The maximum Gasteiger partial charge on any atom is 0.339 e. The molecule has 0 radical (unpaired) electrons. The molecule has 4 aliphatic rings. The highest BCUT2D eigenvalue weighted by Gasteiger charge is 2.34. The molecule has 6 nitrogen and oxygen atoms in total. The van der Waals surface area contributed by atoms with Gasteiger partial charge in [-0.05, 0) is 54.7 Å². The molecule has 1 aromatic rings. The third-order valence-corrected chi connectivity index (χ3v) is 7.37. The molecule has 0 N–H and O–H groups in total. The summed E-state index contributed by atoms with van der Waals surface area (Å²) in [6, 6.07) is 3.90. The van der Waals surface area contributed by atoms with Crippen LogP contribution in [0.4, 0.5) is 0 Å². The summed E-state index contributed by atoms with van der Waals surface area (Å²) in [5.74, 6) is -0.125. The second kappa shape index (κ2) is 9.92. The van der Waals surface area contributed by atoms with Gasteiger partial charge >= 0.3 is 11.9 Å². The van der Waals surface area contributed by atoms with Gasteiger partial charge in [0.05, 0.1) is 24.3 Å². The van der Waals surface area contributed by atoms with Crippen LogP contribution in [-0.2, 0) is 18.9 Å². The first-order chi connectivity index (χ1) is 15.7. The molecule has 1 aromatic carbocycles. The third-order valence-electron chi connectivity index (χ3n) is 7.37. The van der Waals surface area contributed by atoms with E-state index in [1.54, 1.807) is 6.07 Å². The van der Waals surface area contributed by atoms with Crippen LogP contribution in [0.5, 0.6) is 0 Å². The van der Waals surface area contributed by atoms with Gasteiger partial charge in [-0.15, -0.1) is 0 Å². The summed E-state index contributed by atoms with van der Waals surface area (Å²) < 4.78 is 21.6. The average molecular weight is 443 g/mol. The van der Waals surface area contributed by atoms with Gasteiger partial charge < -0.3 is 18.9 Å². The van der Waals surface area contributed by atoms with E-state index in [2.05, 4.69) is 6.07 Å². The van der Waals surface area contributed by atoms with Gasteiger partial charge in [0.2, 0.25) is 0 Å². The topological polar surface area (TPSA) is 77.7 Å². The minimum Gasteiger partial charge on any atom is -0.459 e. The Morgan fingerprint density at radius 2 is 1.28 bits per heavy atom. The van der Waals surface area contributed by atoms with Crippen LogP contribution in [0.25, 0.3) is 0 Å². The van der Waals surface area contributed by atoms with E-state index in [0.29, 0.717) is 36.2 Å². The fourth-order valence-electron chi connectivity index (χ4n) is 5.44. The Bertz CT molecular complexity index is 829. The smallest absolute Gasteiger partial charge is 0.339 e. The molecule has 2 saturated heterocycles. The normalized spacial score (nSPS) is 25.9. The molecule has 174 valence electrons. The predicted molar refractivity (Wildman–Crippen MR) is 118 cm³/mol. The molecule has 2 aliphatic heterocycles. The zero-order chi connectivity index (χ0) is 21.9. The molecule has 32 heavy (non-hydrogen) atoms. The van der Waals surface area contributed by atoms with E-state index in [1.807, 2.05) is 0 Å².